The second-order valence-electron chi connectivity index (χ2n) is 5.46. The van der Waals surface area contributed by atoms with Crippen molar-refractivity contribution in [3.8, 4) is 5.75 Å². The first-order valence-electron chi connectivity index (χ1n) is 7.70. The van der Waals surface area contributed by atoms with Crippen LogP contribution in [-0.2, 0) is 17.9 Å². The molecule has 3 aromatic rings. The van der Waals surface area contributed by atoms with Gasteiger partial charge in [0, 0.05) is 12.4 Å². The maximum Gasteiger partial charge on any atom is 0.123 e. The molecule has 1 atom stereocenters. The Morgan fingerprint density at radius 3 is 2.71 bits per heavy atom. The Balaban J connectivity index is 1.75. The number of hydrogen-bond donors (Lipinski definition) is 0. The third-order valence-corrected chi connectivity index (χ3v) is 3.76. The van der Waals surface area contributed by atoms with Crippen molar-refractivity contribution in [1.29, 1.82) is 0 Å². The SMILES string of the molecule is COc1cccc(COC(Cn2ccnc2)c2ccc(F)cc2)c1. The summed E-state index contributed by atoms with van der Waals surface area (Å²) < 4.78 is 26.5. The molecule has 0 radical (unpaired) electrons. The van der Waals surface area contributed by atoms with Gasteiger partial charge in [0.2, 0.25) is 0 Å². The summed E-state index contributed by atoms with van der Waals surface area (Å²) in [4.78, 5) is 4.05. The number of methoxy groups -OCH3 is 1. The molecule has 0 aliphatic carbocycles. The van der Waals surface area contributed by atoms with Gasteiger partial charge in [-0.2, -0.15) is 0 Å². The summed E-state index contributed by atoms with van der Waals surface area (Å²) in [5, 5.41) is 0. The number of benzene rings is 2. The van der Waals surface area contributed by atoms with Crippen molar-refractivity contribution < 1.29 is 13.9 Å². The predicted octanol–water partition coefficient (Wildman–Crippen LogP) is 3.99. The minimum absolute atomic E-state index is 0.203. The standard InChI is InChI=1S/C19H19FN2O2/c1-23-18-4-2-3-15(11-18)13-24-19(12-22-10-9-21-14-22)16-5-7-17(20)8-6-16/h2-11,14,19H,12-13H2,1H3. The average Bonchev–Trinajstić information content (AvgIpc) is 3.13. The first kappa shape index (κ1) is 16.2. The molecule has 1 aromatic heterocycles. The van der Waals surface area contributed by atoms with Crippen LogP contribution in [0.5, 0.6) is 5.75 Å². The highest BCUT2D eigenvalue weighted by atomic mass is 19.1. The van der Waals surface area contributed by atoms with E-state index in [1.807, 2.05) is 35.0 Å². The van der Waals surface area contributed by atoms with Crippen molar-refractivity contribution >= 4 is 0 Å². The number of halogens is 1. The van der Waals surface area contributed by atoms with Gasteiger partial charge in [0.05, 0.1) is 26.6 Å². The first-order chi connectivity index (χ1) is 11.7. The molecular formula is C19H19FN2O2. The molecule has 4 nitrogen and oxygen atoms in total. The summed E-state index contributed by atoms with van der Waals surface area (Å²) in [5.41, 5.74) is 1.94. The van der Waals surface area contributed by atoms with Crippen molar-refractivity contribution in [2.24, 2.45) is 0 Å². The summed E-state index contributed by atoms with van der Waals surface area (Å²) >= 11 is 0. The van der Waals surface area contributed by atoms with Gasteiger partial charge in [-0.3, -0.25) is 0 Å². The molecule has 0 fully saturated rings. The zero-order valence-electron chi connectivity index (χ0n) is 13.4. The van der Waals surface area contributed by atoms with Crippen molar-refractivity contribution in [2.45, 2.75) is 19.3 Å². The van der Waals surface area contributed by atoms with Crippen LogP contribution in [0.1, 0.15) is 17.2 Å². The molecule has 124 valence electrons. The third kappa shape index (κ3) is 4.20. The van der Waals surface area contributed by atoms with Gasteiger partial charge in [0.25, 0.3) is 0 Å². The third-order valence-electron chi connectivity index (χ3n) is 3.76. The molecule has 0 saturated carbocycles. The first-order valence-corrected chi connectivity index (χ1v) is 7.70. The number of hydrogen-bond acceptors (Lipinski definition) is 3. The average molecular weight is 326 g/mol. The maximum atomic E-state index is 13.2. The molecule has 0 amide bonds. The minimum Gasteiger partial charge on any atom is -0.497 e. The van der Waals surface area contributed by atoms with E-state index in [9.17, 15) is 4.39 Å². The van der Waals surface area contributed by atoms with Crippen LogP contribution in [0.3, 0.4) is 0 Å². The maximum absolute atomic E-state index is 13.2. The number of rotatable bonds is 7. The van der Waals surface area contributed by atoms with Gasteiger partial charge in [-0.1, -0.05) is 24.3 Å². The van der Waals surface area contributed by atoms with E-state index in [2.05, 4.69) is 4.98 Å². The second-order valence-corrected chi connectivity index (χ2v) is 5.46. The van der Waals surface area contributed by atoms with E-state index < -0.39 is 0 Å². The zero-order valence-corrected chi connectivity index (χ0v) is 13.4. The highest BCUT2D eigenvalue weighted by Crippen LogP contribution is 2.23. The summed E-state index contributed by atoms with van der Waals surface area (Å²) in [6.07, 6.45) is 5.15. The fourth-order valence-corrected chi connectivity index (χ4v) is 2.48. The molecule has 0 saturated heterocycles. The number of imidazole rings is 1. The lowest BCUT2D eigenvalue weighted by molar-refractivity contribution is 0.0278. The molecule has 24 heavy (non-hydrogen) atoms. The summed E-state index contributed by atoms with van der Waals surface area (Å²) in [7, 11) is 1.64. The van der Waals surface area contributed by atoms with Crippen molar-refractivity contribution in [3.05, 3.63) is 84.2 Å². The normalized spacial score (nSPS) is 12.1. The Hall–Kier alpha value is -2.66. The molecule has 1 heterocycles. The molecule has 0 N–H and O–H groups in total. The summed E-state index contributed by atoms with van der Waals surface area (Å²) in [6.45, 7) is 1.05. The molecule has 0 aliphatic rings. The quantitative estimate of drug-likeness (QED) is 0.659. The Kier molecular flexibility index (Phi) is 5.23. The lowest BCUT2D eigenvalue weighted by Gasteiger charge is -2.19. The Bertz CT molecular complexity index is 757. The van der Waals surface area contributed by atoms with Gasteiger partial charge in [-0.05, 0) is 35.4 Å². The fraction of sp³-hybridized carbons (Fsp3) is 0.211. The lowest BCUT2D eigenvalue weighted by Crippen LogP contribution is -2.12. The van der Waals surface area contributed by atoms with E-state index >= 15 is 0 Å². The van der Waals surface area contributed by atoms with Crippen LogP contribution in [-0.4, -0.2) is 16.7 Å². The van der Waals surface area contributed by atoms with Crippen LogP contribution in [0, 0.1) is 5.82 Å². The Morgan fingerprint density at radius 2 is 2.00 bits per heavy atom. The summed E-state index contributed by atoms with van der Waals surface area (Å²) in [6, 6.07) is 14.2. The van der Waals surface area contributed by atoms with Crippen LogP contribution in [0.25, 0.3) is 0 Å². The van der Waals surface area contributed by atoms with E-state index in [0.29, 0.717) is 13.2 Å². The number of ether oxygens (including phenoxy) is 2. The largest absolute Gasteiger partial charge is 0.497 e. The van der Waals surface area contributed by atoms with E-state index in [0.717, 1.165) is 16.9 Å². The van der Waals surface area contributed by atoms with E-state index in [1.165, 1.54) is 12.1 Å². The monoisotopic (exact) mass is 326 g/mol. The highest BCUT2D eigenvalue weighted by molar-refractivity contribution is 5.28. The van der Waals surface area contributed by atoms with Crippen molar-refractivity contribution in [2.75, 3.05) is 7.11 Å². The molecule has 0 spiro atoms. The molecule has 0 aliphatic heterocycles. The fourth-order valence-electron chi connectivity index (χ4n) is 2.48. The molecule has 1 unspecified atom stereocenters. The van der Waals surface area contributed by atoms with E-state index in [4.69, 9.17) is 9.47 Å². The Morgan fingerprint density at radius 1 is 1.17 bits per heavy atom. The number of aromatic nitrogens is 2. The lowest BCUT2D eigenvalue weighted by atomic mass is 10.1. The van der Waals surface area contributed by atoms with Gasteiger partial charge < -0.3 is 14.0 Å². The Labute approximate surface area is 140 Å². The van der Waals surface area contributed by atoms with Crippen LogP contribution >= 0.6 is 0 Å². The van der Waals surface area contributed by atoms with Crippen LogP contribution in [0.4, 0.5) is 4.39 Å². The second kappa shape index (κ2) is 7.75. The smallest absolute Gasteiger partial charge is 0.123 e. The molecular weight excluding hydrogens is 307 g/mol. The predicted molar refractivity (Wildman–Crippen MR) is 89.2 cm³/mol. The molecule has 3 rings (SSSR count). The molecule has 0 bridgehead atoms. The van der Waals surface area contributed by atoms with Gasteiger partial charge in [0.15, 0.2) is 0 Å². The topological polar surface area (TPSA) is 36.3 Å². The number of nitrogens with zero attached hydrogens (tertiary/aromatic N) is 2. The van der Waals surface area contributed by atoms with Gasteiger partial charge in [0.1, 0.15) is 17.7 Å². The molecule has 5 heteroatoms. The zero-order chi connectivity index (χ0) is 16.8. The summed E-state index contributed by atoms with van der Waals surface area (Å²) in [5.74, 6) is 0.539. The van der Waals surface area contributed by atoms with E-state index in [1.54, 1.807) is 31.8 Å². The van der Waals surface area contributed by atoms with Crippen molar-refractivity contribution in [3.63, 3.8) is 0 Å². The van der Waals surface area contributed by atoms with Crippen LogP contribution in [0.15, 0.2) is 67.3 Å². The van der Waals surface area contributed by atoms with Gasteiger partial charge in [-0.25, -0.2) is 9.37 Å². The molecule has 2 aromatic carbocycles. The van der Waals surface area contributed by atoms with Crippen molar-refractivity contribution in [1.82, 2.24) is 9.55 Å². The van der Waals surface area contributed by atoms with Crippen LogP contribution in [0.2, 0.25) is 0 Å². The minimum atomic E-state index is -0.257. The van der Waals surface area contributed by atoms with Gasteiger partial charge >= 0.3 is 0 Å². The van der Waals surface area contributed by atoms with Crippen LogP contribution < -0.4 is 4.74 Å². The van der Waals surface area contributed by atoms with E-state index in [-0.39, 0.29) is 11.9 Å². The highest BCUT2D eigenvalue weighted by Gasteiger charge is 2.13. The van der Waals surface area contributed by atoms with Gasteiger partial charge in [-0.15, -0.1) is 0 Å².